The van der Waals surface area contributed by atoms with Crippen molar-refractivity contribution in [1.29, 1.82) is 0 Å². The molecule has 1 atom stereocenters. The summed E-state index contributed by atoms with van der Waals surface area (Å²) < 4.78 is 0. The number of rotatable bonds is 5. The molecule has 0 bridgehead atoms. The Labute approximate surface area is 187 Å². The fourth-order valence-electron chi connectivity index (χ4n) is 4.19. The van der Waals surface area contributed by atoms with Gasteiger partial charge in [-0.15, -0.1) is 0 Å². The maximum atomic E-state index is 13.3. The van der Waals surface area contributed by atoms with Crippen molar-refractivity contribution >= 4 is 11.8 Å². The number of pyridine rings is 2. The molecule has 164 valence electrons. The molecular weight excluding hydrogens is 404 g/mol. The summed E-state index contributed by atoms with van der Waals surface area (Å²) in [4.78, 5) is 38.1. The highest BCUT2D eigenvalue weighted by atomic mass is 16.3. The Kier molecular flexibility index (Phi) is 6.44. The number of amides is 2. The Morgan fingerprint density at radius 3 is 2.69 bits per heavy atom. The molecule has 7 heteroatoms. The van der Waals surface area contributed by atoms with E-state index in [9.17, 15) is 14.7 Å². The number of carbonyl (C=O) groups is 2. The van der Waals surface area contributed by atoms with Crippen molar-refractivity contribution in [2.24, 2.45) is 5.92 Å². The third-order valence-corrected chi connectivity index (χ3v) is 5.84. The first-order valence-electron chi connectivity index (χ1n) is 10.8. The van der Waals surface area contributed by atoms with Gasteiger partial charge in [0.15, 0.2) is 0 Å². The second-order valence-electron chi connectivity index (χ2n) is 7.90. The number of nitrogens with zero attached hydrogens (tertiary/aromatic N) is 4. The summed E-state index contributed by atoms with van der Waals surface area (Å²) in [6, 6.07) is 13.3. The van der Waals surface area contributed by atoms with Crippen LogP contribution in [-0.2, 0) is 11.2 Å². The monoisotopic (exact) mass is 430 g/mol. The van der Waals surface area contributed by atoms with E-state index in [1.165, 1.54) is 18.5 Å². The van der Waals surface area contributed by atoms with Crippen LogP contribution in [0.3, 0.4) is 0 Å². The van der Waals surface area contributed by atoms with Crippen molar-refractivity contribution in [2.75, 3.05) is 26.2 Å². The van der Waals surface area contributed by atoms with Gasteiger partial charge in [-0.25, -0.2) is 0 Å². The van der Waals surface area contributed by atoms with Crippen LogP contribution in [0.4, 0.5) is 0 Å². The maximum absolute atomic E-state index is 13.3. The number of hydrogen-bond acceptors (Lipinski definition) is 5. The average Bonchev–Trinajstić information content (AvgIpc) is 2.98. The summed E-state index contributed by atoms with van der Waals surface area (Å²) in [5.74, 6) is -0.606. The number of likely N-dealkylation sites (N-methyl/N-ethyl adjacent to an activating group) is 1. The Morgan fingerprint density at radius 2 is 1.94 bits per heavy atom. The molecule has 0 aliphatic carbocycles. The van der Waals surface area contributed by atoms with Gasteiger partial charge in [0.25, 0.3) is 5.91 Å². The van der Waals surface area contributed by atoms with Crippen molar-refractivity contribution in [3.63, 3.8) is 0 Å². The summed E-state index contributed by atoms with van der Waals surface area (Å²) in [6.45, 7) is 3.78. The Hall–Kier alpha value is -3.74. The van der Waals surface area contributed by atoms with Crippen molar-refractivity contribution < 1.29 is 14.7 Å². The first kappa shape index (κ1) is 21.5. The largest absolute Gasteiger partial charge is 0.506 e. The number of aromatic hydroxyl groups is 1. The van der Waals surface area contributed by atoms with Crippen LogP contribution in [0.1, 0.15) is 22.8 Å². The number of benzene rings is 1. The molecule has 1 aliphatic heterocycles. The standard InChI is InChI=1S/C25H26N4O3/c1-2-28-10-11-29(24(31)20-13-22(30)16-27-15-20)17-21(25(28)32)12-18-6-3-4-8-23(18)19-7-5-9-26-14-19/h3-9,13-16,21,30H,2,10-12,17H2,1H3/t21-/m1/s1. The van der Waals surface area contributed by atoms with Gasteiger partial charge in [0.1, 0.15) is 5.75 Å². The molecule has 2 aromatic heterocycles. The summed E-state index contributed by atoms with van der Waals surface area (Å²) in [7, 11) is 0. The molecule has 7 nitrogen and oxygen atoms in total. The van der Waals surface area contributed by atoms with Gasteiger partial charge in [-0.2, -0.15) is 0 Å². The molecule has 0 spiro atoms. The Morgan fingerprint density at radius 1 is 1.09 bits per heavy atom. The predicted octanol–water partition coefficient (Wildman–Crippen LogP) is 3.01. The zero-order valence-electron chi connectivity index (χ0n) is 18.0. The third-order valence-electron chi connectivity index (χ3n) is 5.84. The topological polar surface area (TPSA) is 86.6 Å². The molecule has 4 rings (SSSR count). The second-order valence-corrected chi connectivity index (χ2v) is 7.90. The Balaban J connectivity index is 1.63. The van der Waals surface area contributed by atoms with E-state index in [0.29, 0.717) is 38.2 Å². The third kappa shape index (κ3) is 4.61. The van der Waals surface area contributed by atoms with E-state index in [1.807, 2.05) is 54.4 Å². The van der Waals surface area contributed by atoms with Crippen molar-refractivity contribution in [3.8, 4) is 16.9 Å². The lowest BCUT2D eigenvalue weighted by atomic mass is 9.91. The first-order chi connectivity index (χ1) is 15.6. The molecule has 1 N–H and O–H groups in total. The highest BCUT2D eigenvalue weighted by Gasteiger charge is 2.32. The highest BCUT2D eigenvalue weighted by Crippen LogP contribution is 2.27. The van der Waals surface area contributed by atoms with Crippen molar-refractivity contribution in [3.05, 3.63) is 78.4 Å². The van der Waals surface area contributed by atoms with Gasteiger partial charge in [-0.3, -0.25) is 19.6 Å². The van der Waals surface area contributed by atoms with Crippen molar-refractivity contribution in [1.82, 2.24) is 19.8 Å². The van der Waals surface area contributed by atoms with Crippen LogP contribution in [-0.4, -0.2) is 62.9 Å². The van der Waals surface area contributed by atoms with Gasteiger partial charge in [0.05, 0.1) is 17.7 Å². The maximum Gasteiger partial charge on any atom is 0.255 e. The van der Waals surface area contributed by atoms with Crippen LogP contribution < -0.4 is 0 Å². The molecule has 1 fully saturated rings. The highest BCUT2D eigenvalue weighted by molar-refractivity contribution is 5.95. The first-order valence-corrected chi connectivity index (χ1v) is 10.8. The summed E-state index contributed by atoms with van der Waals surface area (Å²) in [5.41, 5.74) is 3.39. The van der Waals surface area contributed by atoms with Gasteiger partial charge in [-0.05, 0) is 36.6 Å². The fraction of sp³-hybridized carbons (Fsp3) is 0.280. The van der Waals surface area contributed by atoms with E-state index in [1.54, 1.807) is 11.1 Å². The van der Waals surface area contributed by atoms with Gasteiger partial charge >= 0.3 is 0 Å². The van der Waals surface area contributed by atoms with E-state index < -0.39 is 0 Å². The van der Waals surface area contributed by atoms with Crippen LogP contribution in [0, 0.1) is 5.92 Å². The van der Waals surface area contributed by atoms with Crippen LogP contribution in [0.15, 0.2) is 67.3 Å². The minimum atomic E-state index is -0.371. The van der Waals surface area contributed by atoms with Gasteiger partial charge in [0, 0.05) is 50.3 Å². The molecular formula is C25H26N4O3. The molecule has 0 radical (unpaired) electrons. The normalized spacial score (nSPS) is 16.7. The van der Waals surface area contributed by atoms with E-state index in [0.717, 1.165) is 16.7 Å². The fourth-order valence-corrected chi connectivity index (χ4v) is 4.19. The minimum Gasteiger partial charge on any atom is -0.506 e. The summed E-state index contributed by atoms with van der Waals surface area (Å²) in [5, 5.41) is 9.72. The van der Waals surface area contributed by atoms with Crippen LogP contribution >= 0.6 is 0 Å². The number of aromatic nitrogens is 2. The smallest absolute Gasteiger partial charge is 0.255 e. The predicted molar refractivity (Wildman–Crippen MR) is 121 cm³/mol. The van der Waals surface area contributed by atoms with E-state index in [4.69, 9.17) is 0 Å². The minimum absolute atomic E-state index is 0.0535. The quantitative estimate of drug-likeness (QED) is 0.672. The summed E-state index contributed by atoms with van der Waals surface area (Å²) >= 11 is 0. The lowest BCUT2D eigenvalue weighted by molar-refractivity contribution is -0.134. The second kappa shape index (κ2) is 9.60. The van der Waals surface area contributed by atoms with Gasteiger partial charge < -0.3 is 14.9 Å². The molecule has 1 aromatic carbocycles. The van der Waals surface area contributed by atoms with Crippen molar-refractivity contribution in [2.45, 2.75) is 13.3 Å². The van der Waals surface area contributed by atoms with E-state index >= 15 is 0 Å². The lowest BCUT2D eigenvalue weighted by Crippen LogP contribution is -2.38. The number of hydrogen-bond donors (Lipinski definition) is 1. The van der Waals surface area contributed by atoms with Gasteiger partial charge in [0.2, 0.25) is 5.91 Å². The SMILES string of the molecule is CCN1CCN(C(=O)c2cncc(O)c2)C[C@@H](Cc2ccccc2-c2cccnc2)C1=O. The summed E-state index contributed by atoms with van der Waals surface area (Å²) in [6.07, 6.45) is 6.80. The molecule has 3 aromatic rings. The zero-order valence-corrected chi connectivity index (χ0v) is 18.0. The van der Waals surface area contributed by atoms with Gasteiger partial charge in [-0.1, -0.05) is 30.3 Å². The van der Waals surface area contributed by atoms with Crippen LogP contribution in [0.2, 0.25) is 0 Å². The molecule has 2 amide bonds. The molecule has 1 aliphatic rings. The molecule has 3 heterocycles. The number of carbonyl (C=O) groups excluding carboxylic acids is 2. The molecule has 32 heavy (non-hydrogen) atoms. The Bertz CT molecular complexity index is 1100. The molecule has 0 saturated carbocycles. The lowest BCUT2D eigenvalue weighted by Gasteiger charge is -2.24. The average molecular weight is 431 g/mol. The van der Waals surface area contributed by atoms with Crippen LogP contribution in [0.5, 0.6) is 5.75 Å². The zero-order chi connectivity index (χ0) is 22.5. The molecule has 1 saturated heterocycles. The molecule has 0 unspecified atom stereocenters. The van der Waals surface area contributed by atoms with Crippen LogP contribution in [0.25, 0.3) is 11.1 Å². The van der Waals surface area contributed by atoms with E-state index in [2.05, 4.69) is 9.97 Å². The van der Waals surface area contributed by atoms with E-state index in [-0.39, 0.29) is 23.5 Å².